The van der Waals surface area contributed by atoms with Gasteiger partial charge in [0.15, 0.2) is 0 Å². The minimum absolute atomic E-state index is 0.0397. The molecule has 0 atom stereocenters. The van der Waals surface area contributed by atoms with Gasteiger partial charge in [0.25, 0.3) is 0 Å². The van der Waals surface area contributed by atoms with Crippen molar-refractivity contribution in [2.75, 3.05) is 19.4 Å². The van der Waals surface area contributed by atoms with E-state index in [0.29, 0.717) is 13.0 Å². The topological polar surface area (TPSA) is 38.3 Å². The lowest BCUT2D eigenvalue weighted by Crippen LogP contribution is -2.27. The standard InChI is InChI=1S/C19H22ClNO2S/c1-14-11-15(7-8-18(14)23-2)12-19(22)21-9-10-24-13-16-5-3-4-6-17(16)20/h3-8,11H,9-10,12-13H2,1-2H3,(H,21,22). The molecule has 1 amide bonds. The fraction of sp³-hybridized carbons (Fsp3) is 0.316. The van der Waals surface area contributed by atoms with Gasteiger partial charge in [-0.15, -0.1) is 0 Å². The molecule has 0 saturated heterocycles. The molecule has 3 nitrogen and oxygen atoms in total. The Bertz CT molecular complexity index is 691. The SMILES string of the molecule is COc1ccc(CC(=O)NCCSCc2ccccc2Cl)cc1C. The number of hydrogen-bond acceptors (Lipinski definition) is 3. The summed E-state index contributed by atoms with van der Waals surface area (Å²) in [4.78, 5) is 12.0. The zero-order chi connectivity index (χ0) is 17.4. The van der Waals surface area contributed by atoms with Crippen LogP contribution in [0.5, 0.6) is 5.75 Å². The predicted octanol–water partition coefficient (Wildman–Crippen LogP) is 4.25. The highest BCUT2D eigenvalue weighted by Gasteiger charge is 2.06. The minimum Gasteiger partial charge on any atom is -0.496 e. The maximum atomic E-state index is 12.0. The molecular formula is C19H22ClNO2S. The molecular weight excluding hydrogens is 342 g/mol. The summed E-state index contributed by atoms with van der Waals surface area (Å²) in [6.45, 7) is 2.63. The molecule has 0 radical (unpaired) electrons. The van der Waals surface area contributed by atoms with Crippen LogP contribution in [-0.4, -0.2) is 25.3 Å². The first-order chi connectivity index (χ1) is 11.6. The molecule has 0 aliphatic heterocycles. The van der Waals surface area contributed by atoms with Crippen LogP contribution in [0.25, 0.3) is 0 Å². The highest BCUT2D eigenvalue weighted by atomic mass is 35.5. The Morgan fingerprint density at radius 2 is 2.04 bits per heavy atom. The van der Waals surface area contributed by atoms with E-state index in [-0.39, 0.29) is 5.91 Å². The number of hydrogen-bond donors (Lipinski definition) is 1. The van der Waals surface area contributed by atoms with E-state index >= 15 is 0 Å². The first-order valence-electron chi connectivity index (χ1n) is 7.81. The number of nitrogens with one attached hydrogen (secondary N) is 1. The van der Waals surface area contributed by atoms with Crippen LogP contribution in [0.3, 0.4) is 0 Å². The van der Waals surface area contributed by atoms with Gasteiger partial charge in [-0.25, -0.2) is 0 Å². The highest BCUT2D eigenvalue weighted by Crippen LogP contribution is 2.20. The summed E-state index contributed by atoms with van der Waals surface area (Å²) in [5.74, 6) is 2.60. The molecule has 2 aromatic carbocycles. The van der Waals surface area contributed by atoms with Gasteiger partial charge >= 0.3 is 0 Å². The summed E-state index contributed by atoms with van der Waals surface area (Å²) in [5.41, 5.74) is 3.16. The zero-order valence-electron chi connectivity index (χ0n) is 14.0. The number of rotatable bonds is 8. The third-order valence-corrected chi connectivity index (χ3v) is 4.98. The van der Waals surface area contributed by atoms with E-state index in [2.05, 4.69) is 5.32 Å². The number of halogens is 1. The van der Waals surface area contributed by atoms with Crippen molar-refractivity contribution in [2.24, 2.45) is 0 Å². The van der Waals surface area contributed by atoms with Crippen LogP contribution in [-0.2, 0) is 17.0 Å². The van der Waals surface area contributed by atoms with E-state index in [9.17, 15) is 4.79 Å². The van der Waals surface area contributed by atoms with Crippen LogP contribution >= 0.6 is 23.4 Å². The second-order valence-electron chi connectivity index (χ2n) is 5.47. The van der Waals surface area contributed by atoms with Crippen LogP contribution < -0.4 is 10.1 Å². The van der Waals surface area contributed by atoms with Crippen molar-refractivity contribution in [3.63, 3.8) is 0 Å². The van der Waals surface area contributed by atoms with Crippen LogP contribution in [0.2, 0.25) is 5.02 Å². The lowest BCUT2D eigenvalue weighted by Gasteiger charge is -2.08. The third kappa shape index (κ3) is 5.77. The van der Waals surface area contributed by atoms with Gasteiger partial charge in [-0.05, 0) is 35.7 Å². The van der Waals surface area contributed by atoms with Crippen molar-refractivity contribution in [1.82, 2.24) is 5.32 Å². The van der Waals surface area contributed by atoms with Crippen molar-refractivity contribution in [1.29, 1.82) is 0 Å². The summed E-state index contributed by atoms with van der Waals surface area (Å²) >= 11 is 7.88. The van der Waals surface area contributed by atoms with Gasteiger partial charge in [-0.3, -0.25) is 4.79 Å². The van der Waals surface area contributed by atoms with Crippen molar-refractivity contribution in [3.05, 3.63) is 64.2 Å². The van der Waals surface area contributed by atoms with Gasteiger partial charge in [0, 0.05) is 23.1 Å². The summed E-state index contributed by atoms with van der Waals surface area (Å²) in [5, 5.41) is 3.75. The molecule has 0 unspecified atom stereocenters. The monoisotopic (exact) mass is 363 g/mol. The normalized spacial score (nSPS) is 10.5. The molecule has 24 heavy (non-hydrogen) atoms. The number of thioether (sulfide) groups is 1. The molecule has 0 heterocycles. The smallest absolute Gasteiger partial charge is 0.224 e. The molecule has 0 aliphatic carbocycles. The first kappa shape index (κ1) is 18.7. The van der Waals surface area contributed by atoms with E-state index in [0.717, 1.165) is 39.0 Å². The van der Waals surface area contributed by atoms with Crippen molar-refractivity contribution >= 4 is 29.3 Å². The van der Waals surface area contributed by atoms with E-state index in [1.54, 1.807) is 18.9 Å². The Morgan fingerprint density at radius 3 is 2.75 bits per heavy atom. The molecule has 5 heteroatoms. The Hall–Kier alpha value is -1.65. The maximum Gasteiger partial charge on any atom is 0.224 e. The van der Waals surface area contributed by atoms with E-state index < -0.39 is 0 Å². The number of aryl methyl sites for hydroxylation is 1. The number of methoxy groups -OCH3 is 1. The largest absolute Gasteiger partial charge is 0.496 e. The molecule has 0 bridgehead atoms. The average molecular weight is 364 g/mol. The highest BCUT2D eigenvalue weighted by molar-refractivity contribution is 7.98. The molecule has 2 aromatic rings. The van der Waals surface area contributed by atoms with Gasteiger partial charge in [0.1, 0.15) is 5.75 Å². The van der Waals surface area contributed by atoms with Crippen LogP contribution in [0.1, 0.15) is 16.7 Å². The van der Waals surface area contributed by atoms with Gasteiger partial charge in [-0.1, -0.05) is 41.9 Å². The van der Waals surface area contributed by atoms with Gasteiger partial charge in [0.05, 0.1) is 13.5 Å². The van der Waals surface area contributed by atoms with Crippen LogP contribution in [0, 0.1) is 6.92 Å². The number of carbonyl (C=O) groups is 1. The quantitative estimate of drug-likeness (QED) is 0.712. The summed E-state index contributed by atoms with van der Waals surface area (Å²) in [6, 6.07) is 13.7. The molecule has 1 N–H and O–H groups in total. The Kier molecular flexibility index (Phi) is 7.47. The van der Waals surface area contributed by atoms with Crippen LogP contribution in [0.4, 0.5) is 0 Å². The van der Waals surface area contributed by atoms with E-state index in [4.69, 9.17) is 16.3 Å². The molecule has 0 saturated carbocycles. The molecule has 0 fully saturated rings. The number of ether oxygens (including phenoxy) is 1. The van der Waals surface area contributed by atoms with Gasteiger partial charge in [0.2, 0.25) is 5.91 Å². The number of amides is 1. The summed E-state index contributed by atoms with van der Waals surface area (Å²) in [6.07, 6.45) is 0.389. The lowest BCUT2D eigenvalue weighted by atomic mass is 10.1. The Morgan fingerprint density at radius 1 is 1.25 bits per heavy atom. The van der Waals surface area contributed by atoms with Gasteiger partial charge in [-0.2, -0.15) is 11.8 Å². The summed E-state index contributed by atoms with van der Waals surface area (Å²) in [7, 11) is 1.65. The fourth-order valence-corrected chi connectivity index (χ4v) is 3.50. The second-order valence-corrected chi connectivity index (χ2v) is 6.99. The van der Waals surface area contributed by atoms with Crippen molar-refractivity contribution in [3.8, 4) is 5.75 Å². The zero-order valence-corrected chi connectivity index (χ0v) is 15.5. The predicted molar refractivity (Wildman–Crippen MR) is 102 cm³/mol. The average Bonchev–Trinajstić information content (AvgIpc) is 2.56. The number of carbonyl (C=O) groups excluding carboxylic acids is 1. The Labute approximate surface area is 152 Å². The molecule has 0 aliphatic rings. The Balaban J connectivity index is 1.68. The third-order valence-electron chi connectivity index (χ3n) is 3.61. The molecule has 0 spiro atoms. The van der Waals surface area contributed by atoms with Crippen molar-refractivity contribution in [2.45, 2.75) is 19.1 Å². The molecule has 0 aromatic heterocycles. The minimum atomic E-state index is 0.0397. The fourth-order valence-electron chi connectivity index (χ4n) is 2.36. The van der Waals surface area contributed by atoms with Crippen molar-refractivity contribution < 1.29 is 9.53 Å². The second kappa shape index (κ2) is 9.60. The summed E-state index contributed by atoms with van der Waals surface area (Å²) < 4.78 is 5.23. The van der Waals surface area contributed by atoms with E-state index in [1.165, 1.54) is 0 Å². The van der Waals surface area contributed by atoms with E-state index in [1.807, 2.05) is 49.4 Å². The number of benzene rings is 2. The van der Waals surface area contributed by atoms with Crippen LogP contribution in [0.15, 0.2) is 42.5 Å². The maximum absolute atomic E-state index is 12.0. The first-order valence-corrected chi connectivity index (χ1v) is 9.35. The molecule has 128 valence electrons. The van der Waals surface area contributed by atoms with Gasteiger partial charge < -0.3 is 10.1 Å². The lowest BCUT2D eigenvalue weighted by molar-refractivity contribution is -0.120. The molecule has 2 rings (SSSR count).